The minimum absolute atomic E-state index is 0.207. The molecule has 0 amide bonds. The normalized spacial score (nSPS) is 12.2. The van der Waals surface area contributed by atoms with E-state index in [-0.39, 0.29) is 17.2 Å². The van der Waals surface area contributed by atoms with Crippen molar-refractivity contribution in [2.45, 2.75) is 12.5 Å². The van der Waals surface area contributed by atoms with Gasteiger partial charge in [0.15, 0.2) is 6.10 Å². The number of ether oxygens (including phenoxy) is 1. The summed E-state index contributed by atoms with van der Waals surface area (Å²) in [6.45, 7) is -0.759. The molecule has 0 aromatic heterocycles. The fourth-order valence-corrected chi connectivity index (χ4v) is 1.77. The van der Waals surface area contributed by atoms with E-state index in [9.17, 15) is 9.18 Å². The third-order valence-corrected chi connectivity index (χ3v) is 2.60. The van der Waals surface area contributed by atoms with Crippen LogP contribution in [0.15, 0.2) is 22.7 Å². The highest BCUT2D eigenvalue weighted by molar-refractivity contribution is 9.10. The third-order valence-electron chi connectivity index (χ3n) is 1.81. The van der Waals surface area contributed by atoms with Gasteiger partial charge in [0.05, 0.1) is 11.7 Å². The van der Waals surface area contributed by atoms with Gasteiger partial charge in [0, 0.05) is 10.9 Å². The van der Waals surface area contributed by atoms with Crippen LogP contribution in [0, 0.1) is 0 Å². The fraction of sp³-hybridized carbons (Fsp3) is 0.300. The van der Waals surface area contributed by atoms with Crippen LogP contribution in [0.2, 0.25) is 5.02 Å². The minimum atomic E-state index is -1.22. The van der Waals surface area contributed by atoms with Crippen molar-refractivity contribution in [1.29, 1.82) is 0 Å². The van der Waals surface area contributed by atoms with Gasteiger partial charge >= 0.3 is 5.97 Å². The SMILES string of the molecule is O=C(O)[C@H](CCF)Oc1ccc(Br)cc1Cl. The number of aliphatic carboxylic acids is 1. The van der Waals surface area contributed by atoms with Crippen molar-refractivity contribution in [3.05, 3.63) is 27.7 Å². The molecule has 1 N–H and O–H groups in total. The number of hydrogen-bond donors (Lipinski definition) is 1. The summed E-state index contributed by atoms with van der Waals surface area (Å²) in [5, 5.41) is 9.04. The smallest absolute Gasteiger partial charge is 0.344 e. The third kappa shape index (κ3) is 3.64. The summed E-state index contributed by atoms with van der Waals surface area (Å²) in [5.74, 6) is -0.984. The molecule has 0 radical (unpaired) electrons. The van der Waals surface area contributed by atoms with Gasteiger partial charge in [-0.15, -0.1) is 0 Å². The number of hydrogen-bond acceptors (Lipinski definition) is 2. The van der Waals surface area contributed by atoms with Gasteiger partial charge in [-0.25, -0.2) is 4.79 Å². The average molecular weight is 312 g/mol. The van der Waals surface area contributed by atoms with E-state index < -0.39 is 18.7 Å². The first-order valence-electron chi connectivity index (χ1n) is 4.45. The number of carboxylic acids is 1. The Labute approximate surface area is 105 Å². The molecule has 0 saturated heterocycles. The Bertz CT molecular complexity index is 386. The maximum atomic E-state index is 12.1. The molecule has 16 heavy (non-hydrogen) atoms. The predicted molar refractivity (Wildman–Crippen MR) is 61.8 cm³/mol. The van der Waals surface area contributed by atoms with Crippen molar-refractivity contribution in [2.75, 3.05) is 6.67 Å². The Morgan fingerprint density at radius 3 is 2.81 bits per heavy atom. The zero-order chi connectivity index (χ0) is 12.1. The van der Waals surface area contributed by atoms with Crippen LogP contribution >= 0.6 is 27.5 Å². The first kappa shape index (κ1) is 13.3. The Hall–Kier alpha value is -0.810. The molecule has 1 aromatic carbocycles. The molecule has 1 aromatic rings. The first-order chi connectivity index (χ1) is 7.54. The summed E-state index contributed by atoms with van der Waals surface area (Å²) in [6, 6.07) is 4.77. The molecule has 1 atom stereocenters. The zero-order valence-electron chi connectivity index (χ0n) is 8.12. The first-order valence-corrected chi connectivity index (χ1v) is 5.62. The lowest BCUT2D eigenvalue weighted by molar-refractivity contribution is -0.145. The molecule has 1 rings (SSSR count). The number of alkyl halides is 1. The molecular weight excluding hydrogens is 302 g/mol. The van der Waals surface area contributed by atoms with E-state index in [1.54, 1.807) is 12.1 Å². The van der Waals surface area contributed by atoms with E-state index in [4.69, 9.17) is 21.4 Å². The van der Waals surface area contributed by atoms with E-state index in [0.717, 1.165) is 4.47 Å². The highest BCUT2D eigenvalue weighted by Crippen LogP contribution is 2.28. The van der Waals surface area contributed by atoms with Crippen molar-refractivity contribution in [3.8, 4) is 5.75 Å². The lowest BCUT2D eigenvalue weighted by atomic mass is 10.2. The molecule has 0 spiro atoms. The second-order valence-corrected chi connectivity index (χ2v) is 4.32. The predicted octanol–water partition coefficient (Wildman–Crippen LogP) is 3.29. The molecule has 0 aliphatic rings. The molecular formula is C10H9BrClFO3. The largest absolute Gasteiger partial charge is 0.479 e. The second kappa shape index (κ2) is 6.06. The van der Waals surface area contributed by atoms with Crippen LogP contribution in [0.3, 0.4) is 0 Å². The number of carbonyl (C=O) groups is 1. The number of benzene rings is 1. The van der Waals surface area contributed by atoms with Crippen molar-refractivity contribution >= 4 is 33.5 Å². The van der Waals surface area contributed by atoms with Crippen molar-refractivity contribution in [2.24, 2.45) is 0 Å². The Morgan fingerprint density at radius 1 is 1.62 bits per heavy atom. The molecule has 0 heterocycles. The van der Waals surface area contributed by atoms with Crippen LogP contribution < -0.4 is 4.74 Å². The Morgan fingerprint density at radius 2 is 2.31 bits per heavy atom. The van der Waals surface area contributed by atoms with Gasteiger partial charge in [-0.3, -0.25) is 4.39 Å². The van der Waals surface area contributed by atoms with Gasteiger partial charge in [-0.1, -0.05) is 27.5 Å². The van der Waals surface area contributed by atoms with Crippen LogP contribution in [0.25, 0.3) is 0 Å². The van der Waals surface area contributed by atoms with Gasteiger partial charge < -0.3 is 9.84 Å². The van der Waals surface area contributed by atoms with E-state index in [0.29, 0.717) is 0 Å². The molecule has 88 valence electrons. The van der Waals surface area contributed by atoms with Gasteiger partial charge in [0.25, 0.3) is 0 Å². The maximum absolute atomic E-state index is 12.1. The van der Waals surface area contributed by atoms with Crippen molar-refractivity contribution in [3.63, 3.8) is 0 Å². The fourth-order valence-electron chi connectivity index (χ4n) is 1.06. The number of rotatable bonds is 5. The second-order valence-electron chi connectivity index (χ2n) is 3.00. The molecule has 0 bridgehead atoms. The standard InChI is InChI=1S/C10H9BrClFO3/c11-6-1-2-8(7(12)5-6)16-9(3-4-13)10(14)15/h1-2,5,9H,3-4H2,(H,14,15)/t9-/m0/s1. The molecule has 0 fully saturated rings. The Kier molecular flexibility index (Phi) is 5.02. The van der Waals surface area contributed by atoms with Gasteiger partial charge in [-0.2, -0.15) is 0 Å². The zero-order valence-corrected chi connectivity index (χ0v) is 10.5. The summed E-state index contributed by atoms with van der Waals surface area (Å²) in [6.07, 6.45) is -1.43. The minimum Gasteiger partial charge on any atom is -0.479 e. The summed E-state index contributed by atoms with van der Waals surface area (Å²) in [5.41, 5.74) is 0. The number of halogens is 3. The molecule has 0 saturated carbocycles. The molecule has 6 heteroatoms. The van der Waals surface area contributed by atoms with Gasteiger partial charge in [0.2, 0.25) is 0 Å². The Balaban J connectivity index is 2.81. The van der Waals surface area contributed by atoms with Crippen LogP contribution in [-0.4, -0.2) is 23.9 Å². The topological polar surface area (TPSA) is 46.5 Å². The number of carboxylic acid groups (broad SMARTS) is 1. The van der Waals surface area contributed by atoms with Crippen LogP contribution in [0.4, 0.5) is 4.39 Å². The lowest BCUT2D eigenvalue weighted by Crippen LogP contribution is -2.27. The quantitative estimate of drug-likeness (QED) is 0.907. The van der Waals surface area contributed by atoms with E-state index in [1.165, 1.54) is 6.07 Å². The highest BCUT2D eigenvalue weighted by atomic mass is 79.9. The van der Waals surface area contributed by atoms with Crippen LogP contribution in [0.5, 0.6) is 5.75 Å². The van der Waals surface area contributed by atoms with Crippen LogP contribution in [0.1, 0.15) is 6.42 Å². The monoisotopic (exact) mass is 310 g/mol. The molecule has 0 unspecified atom stereocenters. The highest BCUT2D eigenvalue weighted by Gasteiger charge is 2.20. The average Bonchev–Trinajstić information content (AvgIpc) is 2.20. The summed E-state index contributed by atoms with van der Waals surface area (Å²) in [4.78, 5) is 10.7. The lowest BCUT2D eigenvalue weighted by Gasteiger charge is -2.14. The molecule has 0 aliphatic carbocycles. The summed E-state index contributed by atoms with van der Waals surface area (Å²) < 4.78 is 17.9. The van der Waals surface area contributed by atoms with Gasteiger partial charge in [0.1, 0.15) is 5.75 Å². The van der Waals surface area contributed by atoms with Crippen molar-refractivity contribution in [1.82, 2.24) is 0 Å². The maximum Gasteiger partial charge on any atom is 0.344 e. The van der Waals surface area contributed by atoms with E-state index in [2.05, 4.69) is 15.9 Å². The molecule has 0 aliphatic heterocycles. The van der Waals surface area contributed by atoms with Gasteiger partial charge in [-0.05, 0) is 18.2 Å². The molecule has 3 nitrogen and oxygen atoms in total. The van der Waals surface area contributed by atoms with E-state index in [1.807, 2.05) is 0 Å². The summed E-state index contributed by atoms with van der Waals surface area (Å²) in [7, 11) is 0. The van der Waals surface area contributed by atoms with Crippen molar-refractivity contribution < 1.29 is 19.0 Å². The summed E-state index contributed by atoms with van der Waals surface area (Å²) >= 11 is 9.04. The van der Waals surface area contributed by atoms with E-state index >= 15 is 0 Å². The van der Waals surface area contributed by atoms with Crippen LogP contribution in [-0.2, 0) is 4.79 Å².